The molecule has 0 aliphatic carbocycles. The molecular weight excluding hydrogens is 334 g/mol. The quantitative estimate of drug-likeness (QED) is 0.865. The van der Waals surface area contributed by atoms with Gasteiger partial charge in [0, 0.05) is 32.4 Å². The van der Waals surface area contributed by atoms with Crippen LogP contribution in [0, 0.1) is 0 Å². The van der Waals surface area contributed by atoms with Crippen molar-refractivity contribution in [2.24, 2.45) is 0 Å². The molecule has 1 aromatic carbocycles. The third kappa shape index (κ3) is 4.39. The minimum atomic E-state index is -0.200. The van der Waals surface area contributed by atoms with Gasteiger partial charge < -0.3 is 15.1 Å². The number of amides is 2. The van der Waals surface area contributed by atoms with Crippen molar-refractivity contribution in [3.8, 4) is 0 Å². The molecule has 1 saturated heterocycles. The van der Waals surface area contributed by atoms with Gasteiger partial charge in [-0.05, 0) is 35.9 Å². The monoisotopic (exact) mass is 357 g/mol. The van der Waals surface area contributed by atoms with E-state index < -0.39 is 0 Å². The van der Waals surface area contributed by atoms with Crippen LogP contribution in [0.5, 0.6) is 0 Å². The lowest BCUT2D eigenvalue weighted by atomic mass is 10.1. The maximum Gasteiger partial charge on any atom is 0.261 e. The van der Waals surface area contributed by atoms with E-state index in [9.17, 15) is 9.59 Å². The van der Waals surface area contributed by atoms with Crippen molar-refractivity contribution in [3.05, 3.63) is 52.2 Å². The number of likely N-dealkylation sites (N-methyl/N-ethyl adjacent to an activating group) is 1. The van der Waals surface area contributed by atoms with Crippen molar-refractivity contribution in [2.45, 2.75) is 19.4 Å². The Labute approximate surface area is 152 Å². The number of benzene rings is 1. The second-order valence-electron chi connectivity index (χ2n) is 6.23. The van der Waals surface area contributed by atoms with Crippen molar-refractivity contribution >= 4 is 28.8 Å². The molecule has 2 amide bonds. The highest BCUT2D eigenvalue weighted by Gasteiger charge is 2.18. The molecule has 3 rings (SSSR count). The SMILES string of the molecule is CN(Cc1ccccc1N1CCCC1)C(=O)CNC(=O)c1cccs1. The summed E-state index contributed by atoms with van der Waals surface area (Å²) in [5.74, 6) is -0.296. The number of nitrogens with zero attached hydrogens (tertiary/aromatic N) is 2. The standard InChI is InChI=1S/C19H23N3O2S/c1-21(18(23)13-20-19(24)17-9-6-12-25-17)14-15-7-2-3-8-16(15)22-10-4-5-11-22/h2-3,6-9,12H,4-5,10-11,13-14H2,1H3,(H,20,24). The summed E-state index contributed by atoms with van der Waals surface area (Å²) < 4.78 is 0. The summed E-state index contributed by atoms with van der Waals surface area (Å²) >= 11 is 1.37. The maximum atomic E-state index is 12.4. The number of rotatable bonds is 6. The fraction of sp³-hybridized carbons (Fsp3) is 0.368. The zero-order chi connectivity index (χ0) is 17.6. The molecule has 1 fully saturated rings. The summed E-state index contributed by atoms with van der Waals surface area (Å²) in [5, 5.41) is 4.54. The lowest BCUT2D eigenvalue weighted by molar-refractivity contribution is -0.129. The topological polar surface area (TPSA) is 52.6 Å². The van der Waals surface area contributed by atoms with E-state index in [2.05, 4.69) is 22.3 Å². The van der Waals surface area contributed by atoms with E-state index in [1.54, 1.807) is 18.0 Å². The van der Waals surface area contributed by atoms with Crippen LogP contribution in [-0.4, -0.2) is 43.4 Å². The van der Waals surface area contributed by atoms with E-state index in [1.165, 1.54) is 29.9 Å². The average Bonchev–Trinajstić information content (AvgIpc) is 3.33. The van der Waals surface area contributed by atoms with Gasteiger partial charge in [-0.25, -0.2) is 0 Å². The Morgan fingerprint density at radius 1 is 1.16 bits per heavy atom. The van der Waals surface area contributed by atoms with Crippen molar-refractivity contribution in [1.82, 2.24) is 10.2 Å². The molecular formula is C19H23N3O2S. The third-order valence-corrected chi connectivity index (χ3v) is 5.29. The first-order valence-electron chi connectivity index (χ1n) is 8.53. The van der Waals surface area contributed by atoms with Gasteiger partial charge in [0.05, 0.1) is 11.4 Å². The summed E-state index contributed by atoms with van der Waals surface area (Å²) in [6.07, 6.45) is 2.44. The van der Waals surface area contributed by atoms with Crippen LogP contribution in [0.3, 0.4) is 0 Å². The summed E-state index contributed by atoms with van der Waals surface area (Å²) in [6, 6.07) is 11.8. The first-order chi connectivity index (χ1) is 12.1. The van der Waals surface area contributed by atoms with Gasteiger partial charge in [-0.15, -0.1) is 11.3 Å². The fourth-order valence-electron chi connectivity index (χ4n) is 3.04. The molecule has 2 heterocycles. The number of hydrogen-bond donors (Lipinski definition) is 1. The number of anilines is 1. The van der Waals surface area contributed by atoms with Gasteiger partial charge in [0.2, 0.25) is 5.91 Å². The highest BCUT2D eigenvalue weighted by Crippen LogP contribution is 2.25. The highest BCUT2D eigenvalue weighted by molar-refractivity contribution is 7.12. The maximum absolute atomic E-state index is 12.4. The largest absolute Gasteiger partial charge is 0.371 e. The molecule has 0 unspecified atom stereocenters. The predicted molar refractivity (Wildman–Crippen MR) is 101 cm³/mol. The van der Waals surface area contributed by atoms with Crippen LogP contribution < -0.4 is 10.2 Å². The summed E-state index contributed by atoms with van der Waals surface area (Å²) in [4.78, 5) is 29.0. The van der Waals surface area contributed by atoms with Crippen molar-refractivity contribution in [3.63, 3.8) is 0 Å². The van der Waals surface area contributed by atoms with Crippen LogP contribution in [0.15, 0.2) is 41.8 Å². The molecule has 1 aliphatic rings. The lowest BCUT2D eigenvalue weighted by Gasteiger charge is -2.24. The number of nitrogens with one attached hydrogen (secondary N) is 1. The molecule has 6 heteroatoms. The number of carbonyl (C=O) groups excluding carboxylic acids is 2. The van der Waals surface area contributed by atoms with Gasteiger partial charge >= 0.3 is 0 Å². The third-order valence-electron chi connectivity index (χ3n) is 4.42. The smallest absolute Gasteiger partial charge is 0.261 e. The first kappa shape index (κ1) is 17.5. The van der Waals surface area contributed by atoms with Crippen molar-refractivity contribution < 1.29 is 9.59 Å². The molecule has 5 nitrogen and oxygen atoms in total. The molecule has 132 valence electrons. The zero-order valence-corrected chi connectivity index (χ0v) is 15.2. The zero-order valence-electron chi connectivity index (χ0n) is 14.4. The Morgan fingerprint density at radius 3 is 2.64 bits per heavy atom. The van der Waals surface area contributed by atoms with E-state index >= 15 is 0 Å². The van der Waals surface area contributed by atoms with E-state index in [4.69, 9.17) is 0 Å². The molecule has 2 aromatic rings. The molecule has 1 aromatic heterocycles. The van der Waals surface area contributed by atoms with Gasteiger partial charge in [0.15, 0.2) is 0 Å². The molecule has 0 radical (unpaired) electrons. The molecule has 1 N–H and O–H groups in total. The van der Waals surface area contributed by atoms with Crippen LogP contribution >= 0.6 is 11.3 Å². The number of thiophene rings is 1. The van der Waals surface area contributed by atoms with Crippen LogP contribution in [-0.2, 0) is 11.3 Å². The van der Waals surface area contributed by atoms with Gasteiger partial charge in [0.25, 0.3) is 5.91 Å². The molecule has 0 bridgehead atoms. The Balaban J connectivity index is 1.57. The Kier molecular flexibility index (Phi) is 5.71. The van der Waals surface area contributed by atoms with E-state index in [1.807, 2.05) is 23.6 Å². The Morgan fingerprint density at radius 2 is 1.92 bits per heavy atom. The van der Waals surface area contributed by atoms with Gasteiger partial charge in [0.1, 0.15) is 0 Å². The normalized spacial score (nSPS) is 13.7. The van der Waals surface area contributed by atoms with Crippen LogP contribution in [0.1, 0.15) is 28.1 Å². The Bertz CT molecular complexity index is 724. The number of hydrogen-bond acceptors (Lipinski definition) is 4. The minimum absolute atomic E-state index is 0.0130. The van der Waals surface area contributed by atoms with Crippen molar-refractivity contribution in [1.29, 1.82) is 0 Å². The predicted octanol–water partition coefficient (Wildman–Crippen LogP) is 2.74. The van der Waals surface area contributed by atoms with Crippen LogP contribution in [0.2, 0.25) is 0 Å². The summed E-state index contributed by atoms with van der Waals surface area (Å²) in [6.45, 7) is 2.70. The number of carbonyl (C=O) groups is 2. The van der Waals surface area contributed by atoms with Gasteiger partial charge in [-0.3, -0.25) is 9.59 Å². The second kappa shape index (κ2) is 8.16. The van der Waals surface area contributed by atoms with E-state index in [0.717, 1.165) is 18.7 Å². The van der Waals surface area contributed by atoms with E-state index in [0.29, 0.717) is 11.4 Å². The van der Waals surface area contributed by atoms with Crippen LogP contribution in [0.25, 0.3) is 0 Å². The second-order valence-corrected chi connectivity index (χ2v) is 7.18. The molecule has 0 atom stereocenters. The minimum Gasteiger partial charge on any atom is -0.371 e. The fourth-order valence-corrected chi connectivity index (χ4v) is 3.68. The highest BCUT2D eigenvalue weighted by atomic mass is 32.1. The average molecular weight is 357 g/mol. The molecule has 0 saturated carbocycles. The molecule has 1 aliphatic heterocycles. The molecule has 25 heavy (non-hydrogen) atoms. The summed E-state index contributed by atoms with van der Waals surface area (Å²) in [5.41, 5.74) is 2.35. The van der Waals surface area contributed by atoms with E-state index in [-0.39, 0.29) is 18.4 Å². The Hall–Kier alpha value is -2.34. The first-order valence-corrected chi connectivity index (χ1v) is 9.41. The molecule has 0 spiro atoms. The van der Waals surface area contributed by atoms with Crippen LogP contribution in [0.4, 0.5) is 5.69 Å². The van der Waals surface area contributed by atoms with Gasteiger partial charge in [-0.1, -0.05) is 24.3 Å². The lowest BCUT2D eigenvalue weighted by Crippen LogP contribution is -2.37. The number of para-hydroxylation sites is 1. The van der Waals surface area contributed by atoms with Gasteiger partial charge in [-0.2, -0.15) is 0 Å². The van der Waals surface area contributed by atoms with Crippen molar-refractivity contribution in [2.75, 3.05) is 31.6 Å². The summed E-state index contributed by atoms with van der Waals surface area (Å²) in [7, 11) is 1.78.